The highest BCUT2D eigenvalue weighted by Crippen LogP contribution is 2.41. The van der Waals surface area contributed by atoms with E-state index in [0.717, 1.165) is 25.0 Å². The molecule has 21 heavy (non-hydrogen) atoms. The molecule has 1 aliphatic carbocycles. The zero-order chi connectivity index (χ0) is 14.9. The number of hydrogen-bond donors (Lipinski definition) is 1. The number of rotatable bonds is 4. The number of methoxy groups -OCH3 is 1. The molecule has 0 amide bonds. The average Bonchev–Trinajstić information content (AvgIpc) is 2.86. The highest BCUT2D eigenvalue weighted by Gasteiger charge is 2.36. The average molecular weight is 281 g/mol. The molecule has 0 radical (unpaired) electrons. The van der Waals surface area contributed by atoms with Crippen LogP contribution in [0.25, 0.3) is 0 Å². The molecule has 2 aromatic carbocycles. The van der Waals surface area contributed by atoms with E-state index in [2.05, 4.69) is 43.3 Å². The summed E-state index contributed by atoms with van der Waals surface area (Å²) < 4.78 is 5.36. The fraction of sp³-hybridized carbons (Fsp3) is 0.368. The van der Waals surface area contributed by atoms with E-state index in [1.165, 1.54) is 28.7 Å². The van der Waals surface area contributed by atoms with Crippen LogP contribution in [-0.4, -0.2) is 7.11 Å². The van der Waals surface area contributed by atoms with Crippen molar-refractivity contribution in [3.63, 3.8) is 0 Å². The lowest BCUT2D eigenvalue weighted by Crippen LogP contribution is -2.35. The van der Waals surface area contributed by atoms with Gasteiger partial charge in [0.25, 0.3) is 0 Å². The molecule has 0 heterocycles. The van der Waals surface area contributed by atoms with Gasteiger partial charge in [-0.2, -0.15) is 0 Å². The first kappa shape index (κ1) is 14.2. The molecule has 1 atom stereocenters. The Morgan fingerprint density at radius 3 is 2.57 bits per heavy atom. The largest absolute Gasteiger partial charge is 0.497 e. The van der Waals surface area contributed by atoms with E-state index in [1.807, 2.05) is 6.07 Å². The third-order valence-electron chi connectivity index (χ3n) is 4.59. The van der Waals surface area contributed by atoms with Gasteiger partial charge in [0.05, 0.1) is 12.6 Å². The Balaban J connectivity index is 1.99. The summed E-state index contributed by atoms with van der Waals surface area (Å²) in [5.41, 5.74) is 11.5. The monoisotopic (exact) mass is 281 g/mol. The van der Waals surface area contributed by atoms with Gasteiger partial charge < -0.3 is 10.5 Å². The summed E-state index contributed by atoms with van der Waals surface area (Å²) in [7, 11) is 1.70. The van der Waals surface area contributed by atoms with Crippen LogP contribution in [0.1, 0.15) is 42.0 Å². The highest BCUT2D eigenvalue weighted by molar-refractivity contribution is 5.50. The molecule has 0 fully saturated rings. The zero-order valence-corrected chi connectivity index (χ0v) is 12.9. The van der Waals surface area contributed by atoms with E-state index in [0.29, 0.717) is 0 Å². The van der Waals surface area contributed by atoms with E-state index < -0.39 is 0 Å². The minimum atomic E-state index is -0.380. The van der Waals surface area contributed by atoms with E-state index in [-0.39, 0.29) is 5.54 Å². The predicted molar refractivity (Wildman–Crippen MR) is 86.7 cm³/mol. The quantitative estimate of drug-likeness (QED) is 0.925. The Bertz CT molecular complexity index is 633. The number of benzene rings is 2. The summed E-state index contributed by atoms with van der Waals surface area (Å²) in [6.45, 7) is 2.21. The Kier molecular flexibility index (Phi) is 3.73. The van der Waals surface area contributed by atoms with Gasteiger partial charge in [0.15, 0.2) is 0 Å². The SMILES string of the molecule is CCCc1ccc(C2(N)CCc3ccc(OC)cc32)cc1. The van der Waals surface area contributed by atoms with Gasteiger partial charge in [0.1, 0.15) is 5.75 Å². The zero-order valence-electron chi connectivity index (χ0n) is 12.9. The second kappa shape index (κ2) is 5.53. The van der Waals surface area contributed by atoms with Gasteiger partial charge in [-0.05, 0) is 53.6 Å². The van der Waals surface area contributed by atoms with Crippen molar-refractivity contribution in [1.29, 1.82) is 0 Å². The molecule has 0 saturated heterocycles. The van der Waals surface area contributed by atoms with E-state index in [9.17, 15) is 0 Å². The first-order valence-corrected chi connectivity index (χ1v) is 7.73. The first-order valence-electron chi connectivity index (χ1n) is 7.73. The molecule has 0 saturated carbocycles. The summed E-state index contributed by atoms with van der Waals surface area (Å²) in [6.07, 6.45) is 4.30. The maximum Gasteiger partial charge on any atom is 0.119 e. The fourth-order valence-corrected chi connectivity index (χ4v) is 3.34. The molecule has 2 heteroatoms. The van der Waals surface area contributed by atoms with E-state index in [4.69, 9.17) is 10.5 Å². The lowest BCUT2D eigenvalue weighted by atomic mass is 9.84. The molecule has 0 aromatic heterocycles. The number of ether oxygens (including phenoxy) is 1. The Hall–Kier alpha value is -1.80. The minimum absolute atomic E-state index is 0.380. The van der Waals surface area contributed by atoms with Crippen molar-refractivity contribution < 1.29 is 4.74 Å². The number of nitrogens with two attached hydrogens (primary N) is 1. The molecular weight excluding hydrogens is 258 g/mol. The van der Waals surface area contributed by atoms with Crippen LogP contribution in [0.3, 0.4) is 0 Å². The van der Waals surface area contributed by atoms with Gasteiger partial charge in [0.2, 0.25) is 0 Å². The van der Waals surface area contributed by atoms with Crippen molar-refractivity contribution in [3.05, 3.63) is 64.7 Å². The Labute approximate surface area is 126 Å². The smallest absolute Gasteiger partial charge is 0.119 e. The van der Waals surface area contributed by atoms with Crippen molar-refractivity contribution in [2.75, 3.05) is 7.11 Å². The molecule has 0 spiro atoms. The summed E-state index contributed by atoms with van der Waals surface area (Å²) in [5, 5.41) is 0. The molecule has 2 nitrogen and oxygen atoms in total. The van der Waals surface area contributed by atoms with Crippen molar-refractivity contribution >= 4 is 0 Å². The molecule has 0 bridgehead atoms. The second-order valence-electron chi connectivity index (χ2n) is 5.94. The second-order valence-corrected chi connectivity index (χ2v) is 5.94. The number of hydrogen-bond acceptors (Lipinski definition) is 2. The van der Waals surface area contributed by atoms with Gasteiger partial charge in [-0.1, -0.05) is 43.7 Å². The lowest BCUT2D eigenvalue weighted by Gasteiger charge is -2.26. The Morgan fingerprint density at radius 1 is 1.14 bits per heavy atom. The number of fused-ring (bicyclic) bond motifs is 1. The van der Waals surface area contributed by atoms with Crippen molar-refractivity contribution in [2.24, 2.45) is 5.73 Å². The molecule has 3 rings (SSSR count). The molecule has 0 aliphatic heterocycles. The van der Waals surface area contributed by atoms with Crippen molar-refractivity contribution in [2.45, 2.75) is 38.1 Å². The molecule has 2 N–H and O–H groups in total. The van der Waals surface area contributed by atoms with Crippen LogP contribution in [0, 0.1) is 0 Å². The van der Waals surface area contributed by atoms with Crippen LogP contribution in [-0.2, 0) is 18.4 Å². The van der Waals surface area contributed by atoms with Gasteiger partial charge in [0, 0.05) is 0 Å². The summed E-state index contributed by atoms with van der Waals surface area (Å²) >= 11 is 0. The van der Waals surface area contributed by atoms with Crippen LogP contribution in [0.4, 0.5) is 0 Å². The van der Waals surface area contributed by atoms with E-state index >= 15 is 0 Å². The minimum Gasteiger partial charge on any atom is -0.497 e. The topological polar surface area (TPSA) is 35.2 Å². The summed E-state index contributed by atoms with van der Waals surface area (Å²) in [6, 6.07) is 15.1. The summed E-state index contributed by atoms with van der Waals surface area (Å²) in [5.74, 6) is 0.882. The number of aryl methyl sites for hydroxylation is 2. The van der Waals surface area contributed by atoms with Gasteiger partial charge in [-0.3, -0.25) is 0 Å². The van der Waals surface area contributed by atoms with Gasteiger partial charge >= 0.3 is 0 Å². The lowest BCUT2D eigenvalue weighted by molar-refractivity contribution is 0.413. The maximum absolute atomic E-state index is 6.78. The van der Waals surface area contributed by atoms with Crippen LogP contribution in [0.2, 0.25) is 0 Å². The van der Waals surface area contributed by atoms with E-state index in [1.54, 1.807) is 7.11 Å². The van der Waals surface area contributed by atoms with Gasteiger partial charge in [-0.15, -0.1) is 0 Å². The molecule has 110 valence electrons. The van der Waals surface area contributed by atoms with Gasteiger partial charge in [-0.25, -0.2) is 0 Å². The first-order chi connectivity index (χ1) is 10.2. The molecule has 2 aromatic rings. The van der Waals surface area contributed by atoms with Crippen LogP contribution < -0.4 is 10.5 Å². The predicted octanol–water partition coefficient (Wildman–Crippen LogP) is 3.80. The standard InChI is InChI=1S/C19H23NO/c1-3-4-14-5-8-16(9-6-14)19(20)12-11-15-7-10-17(21-2)13-18(15)19/h5-10,13H,3-4,11-12,20H2,1-2H3. The van der Waals surface area contributed by atoms with Crippen molar-refractivity contribution in [3.8, 4) is 5.75 Å². The van der Waals surface area contributed by atoms with Crippen LogP contribution in [0.15, 0.2) is 42.5 Å². The van der Waals surface area contributed by atoms with Crippen molar-refractivity contribution in [1.82, 2.24) is 0 Å². The highest BCUT2D eigenvalue weighted by atomic mass is 16.5. The Morgan fingerprint density at radius 2 is 1.90 bits per heavy atom. The normalized spacial score (nSPS) is 20.3. The third-order valence-corrected chi connectivity index (χ3v) is 4.59. The molecule has 1 unspecified atom stereocenters. The molecular formula is C19H23NO. The van der Waals surface area contributed by atoms with Crippen LogP contribution >= 0.6 is 0 Å². The molecule has 1 aliphatic rings. The summed E-state index contributed by atoms with van der Waals surface area (Å²) in [4.78, 5) is 0. The third kappa shape index (κ3) is 2.44. The van der Waals surface area contributed by atoms with Crippen LogP contribution in [0.5, 0.6) is 5.75 Å². The maximum atomic E-state index is 6.78. The fourth-order valence-electron chi connectivity index (χ4n) is 3.34.